The largest absolute Gasteiger partial charge is 0.356 e. The number of nitrogens with zero attached hydrogens (tertiary/aromatic N) is 2. The molecule has 1 aromatic rings. The molecular weight excluding hydrogens is 241 g/mol. The van der Waals surface area contributed by atoms with Crippen LogP contribution in [-0.2, 0) is 6.54 Å². The first kappa shape index (κ1) is 14.3. The molecule has 1 heterocycles. The highest BCUT2D eigenvalue weighted by Gasteiger charge is 2.24. The van der Waals surface area contributed by atoms with Crippen molar-refractivity contribution in [2.45, 2.75) is 45.7 Å². The summed E-state index contributed by atoms with van der Waals surface area (Å²) in [5.41, 5.74) is 0.954. The van der Waals surface area contributed by atoms with E-state index < -0.39 is 0 Å². The second-order valence-electron chi connectivity index (χ2n) is 5.86. The Labute approximate surface area is 115 Å². The van der Waals surface area contributed by atoms with Gasteiger partial charge in [-0.15, -0.1) is 0 Å². The highest BCUT2D eigenvalue weighted by Crippen LogP contribution is 2.29. The number of anilines is 1. The van der Waals surface area contributed by atoms with Crippen molar-refractivity contribution in [1.82, 2.24) is 10.3 Å². The van der Waals surface area contributed by atoms with Gasteiger partial charge < -0.3 is 10.2 Å². The van der Waals surface area contributed by atoms with Gasteiger partial charge in [0.05, 0.1) is 6.20 Å². The molecule has 4 heteroatoms. The van der Waals surface area contributed by atoms with Crippen LogP contribution >= 0.6 is 0 Å². The zero-order chi connectivity index (χ0) is 13.8. The molecule has 0 aliphatic heterocycles. The second-order valence-corrected chi connectivity index (χ2v) is 5.86. The molecule has 1 N–H and O–H groups in total. The lowest BCUT2D eigenvalue weighted by atomic mass is 9.91. The molecule has 106 valence electrons. The molecule has 0 unspecified atom stereocenters. The summed E-state index contributed by atoms with van der Waals surface area (Å²) in [6, 6.07) is 2.17. The Kier molecular flexibility index (Phi) is 4.75. The summed E-state index contributed by atoms with van der Waals surface area (Å²) in [6.07, 6.45) is 5.04. The smallest absolute Gasteiger partial charge is 0.141 e. The average molecular weight is 265 g/mol. The van der Waals surface area contributed by atoms with Gasteiger partial charge in [-0.2, -0.15) is 0 Å². The van der Waals surface area contributed by atoms with Gasteiger partial charge in [0, 0.05) is 25.2 Å². The predicted octanol–water partition coefficient (Wildman–Crippen LogP) is 2.96. The number of hydrogen-bond acceptors (Lipinski definition) is 3. The van der Waals surface area contributed by atoms with Crippen LogP contribution in [-0.4, -0.2) is 24.6 Å². The van der Waals surface area contributed by atoms with Gasteiger partial charge in [0.1, 0.15) is 11.6 Å². The molecule has 1 aliphatic rings. The number of aromatic nitrogens is 1. The van der Waals surface area contributed by atoms with Gasteiger partial charge in [-0.3, -0.25) is 0 Å². The Morgan fingerprint density at radius 3 is 2.79 bits per heavy atom. The maximum Gasteiger partial charge on any atom is 0.141 e. The Morgan fingerprint density at radius 1 is 1.47 bits per heavy atom. The van der Waals surface area contributed by atoms with E-state index in [9.17, 15) is 4.39 Å². The Morgan fingerprint density at radius 2 is 2.21 bits per heavy atom. The van der Waals surface area contributed by atoms with E-state index in [-0.39, 0.29) is 5.82 Å². The predicted molar refractivity (Wildman–Crippen MR) is 76.8 cm³/mol. The summed E-state index contributed by atoms with van der Waals surface area (Å²) in [6.45, 7) is 5.94. The fourth-order valence-electron chi connectivity index (χ4n) is 2.36. The van der Waals surface area contributed by atoms with Crippen molar-refractivity contribution in [1.29, 1.82) is 0 Å². The summed E-state index contributed by atoms with van der Waals surface area (Å²) in [5, 5.41) is 3.37. The van der Waals surface area contributed by atoms with Crippen molar-refractivity contribution in [2.75, 3.05) is 18.5 Å². The Bertz CT molecular complexity index is 416. The van der Waals surface area contributed by atoms with Crippen LogP contribution in [0.5, 0.6) is 0 Å². The van der Waals surface area contributed by atoms with E-state index >= 15 is 0 Å². The third-order valence-corrected chi connectivity index (χ3v) is 3.73. The monoisotopic (exact) mass is 265 g/mol. The van der Waals surface area contributed by atoms with E-state index in [2.05, 4.69) is 36.1 Å². The molecule has 2 rings (SSSR count). The van der Waals surface area contributed by atoms with E-state index in [1.165, 1.54) is 25.5 Å². The zero-order valence-corrected chi connectivity index (χ0v) is 12.1. The summed E-state index contributed by atoms with van der Waals surface area (Å²) in [5.74, 6) is 1.25. The van der Waals surface area contributed by atoms with Crippen LogP contribution in [0.2, 0.25) is 0 Å². The zero-order valence-electron chi connectivity index (χ0n) is 12.1. The van der Waals surface area contributed by atoms with Gasteiger partial charge in [-0.1, -0.05) is 13.8 Å². The SMILES string of the molecule is CC(C)CNCc1cc(F)cnc1N(C)C1CCC1. The number of nitrogens with one attached hydrogen (secondary N) is 1. The lowest BCUT2D eigenvalue weighted by Gasteiger charge is -2.36. The number of halogens is 1. The fourth-order valence-corrected chi connectivity index (χ4v) is 2.36. The van der Waals surface area contributed by atoms with Gasteiger partial charge in [-0.05, 0) is 37.8 Å². The van der Waals surface area contributed by atoms with Crippen molar-refractivity contribution < 1.29 is 4.39 Å². The molecule has 0 saturated heterocycles. The summed E-state index contributed by atoms with van der Waals surface area (Å²) >= 11 is 0. The van der Waals surface area contributed by atoms with Crippen LogP contribution in [0.25, 0.3) is 0 Å². The molecule has 1 saturated carbocycles. The van der Waals surface area contributed by atoms with Crippen molar-refractivity contribution in [2.24, 2.45) is 5.92 Å². The molecule has 0 bridgehead atoms. The van der Waals surface area contributed by atoms with Gasteiger partial charge in [-0.25, -0.2) is 9.37 Å². The third-order valence-electron chi connectivity index (χ3n) is 3.73. The average Bonchev–Trinajstić information content (AvgIpc) is 2.26. The molecule has 1 aromatic heterocycles. The molecule has 1 fully saturated rings. The van der Waals surface area contributed by atoms with Gasteiger partial charge in [0.2, 0.25) is 0 Å². The topological polar surface area (TPSA) is 28.2 Å². The molecule has 1 aliphatic carbocycles. The first-order chi connectivity index (χ1) is 9.08. The lowest BCUT2D eigenvalue weighted by molar-refractivity contribution is 0.398. The highest BCUT2D eigenvalue weighted by atomic mass is 19.1. The summed E-state index contributed by atoms with van der Waals surface area (Å²) in [7, 11) is 2.07. The number of rotatable bonds is 6. The summed E-state index contributed by atoms with van der Waals surface area (Å²) < 4.78 is 13.4. The Balaban J connectivity index is 2.07. The van der Waals surface area contributed by atoms with Crippen LogP contribution in [0.3, 0.4) is 0 Å². The first-order valence-electron chi connectivity index (χ1n) is 7.16. The normalized spacial score (nSPS) is 15.6. The summed E-state index contributed by atoms with van der Waals surface area (Å²) in [4.78, 5) is 6.49. The second kappa shape index (κ2) is 6.33. The van der Waals surface area contributed by atoms with Gasteiger partial charge in [0.25, 0.3) is 0 Å². The molecule has 19 heavy (non-hydrogen) atoms. The van der Waals surface area contributed by atoms with E-state index in [0.717, 1.165) is 17.9 Å². The maximum absolute atomic E-state index is 13.4. The minimum absolute atomic E-state index is 0.257. The maximum atomic E-state index is 13.4. The van der Waals surface area contributed by atoms with Gasteiger partial charge >= 0.3 is 0 Å². The third kappa shape index (κ3) is 3.66. The molecule has 3 nitrogen and oxygen atoms in total. The van der Waals surface area contributed by atoms with E-state index in [4.69, 9.17) is 0 Å². The van der Waals surface area contributed by atoms with Crippen molar-refractivity contribution in [3.8, 4) is 0 Å². The van der Waals surface area contributed by atoms with E-state index in [1.807, 2.05) is 0 Å². The van der Waals surface area contributed by atoms with Crippen LogP contribution in [0, 0.1) is 11.7 Å². The molecule has 0 aromatic carbocycles. The first-order valence-corrected chi connectivity index (χ1v) is 7.16. The fraction of sp³-hybridized carbons (Fsp3) is 0.667. The number of hydrogen-bond donors (Lipinski definition) is 1. The number of pyridine rings is 1. The minimum atomic E-state index is -0.257. The molecule has 0 radical (unpaired) electrons. The van der Waals surface area contributed by atoms with E-state index in [1.54, 1.807) is 6.07 Å². The van der Waals surface area contributed by atoms with Crippen molar-refractivity contribution in [3.05, 3.63) is 23.6 Å². The molecule has 0 amide bonds. The van der Waals surface area contributed by atoms with Crippen LogP contribution in [0.4, 0.5) is 10.2 Å². The van der Waals surface area contributed by atoms with Crippen LogP contribution < -0.4 is 10.2 Å². The Hall–Kier alpha value is -1.16. The van der Waals surface area contributed by atoms with Crippen LogP contribution in [0.1, 0.15) is 38.7 Å². The molecule has 0 spiro atoms. The quantitative estimate of drug-likeness (QED) is 0.857. The minimum Gasteiger partial charge on any atom is -0.356 e. The van der Waals surface area contributed by atoms with Crippen molar-refractivity contribution in [3.63, 3.8) is 0 Å². The highest BCUT2D eigenvalue weighted by molar-refractivity contribution is 5.47. The standard InChI is InChI=1S/C15H24FN3/c1-11(2)8-17-9-12-7-13(16)10-18-15(12)19(3)14-5-4-6-14/h7,10-11,14,17H,4-6,8-9H2,1-3H3. The van der Waals surface area contributed by atoms with Gasteiger partial charge in [0.15, 0.2) is 0 Å². The van der Waals surface area contributed by atoms with Crippen molar-refractivity contribution >= 4 is 5.82 Å². The molecular formula is C15H24FN3. The van der Waals surface area contributed by atoms with E-state index in [0.29, 0.717) is 18.5 Å². The molecule has 0 atom stereocenters. The van der Waals surface area contributed by atoms with Crippen LogP contribution in [0.15, 0.2) is 12.3 Å². The lowest BCUT2D eigenvalue weighted by Crippen LogP contribution is -2.38.